The predicted octanol–water partition coefficient (Wildman–Crippen LogP) is 3.74. The summed E-state index contributed by atoms with van der Waals surface area (Å²) in [5.41, 5.74) is 0.426. The summed E-state index contributed by atoms with van der Waals surface area (Å²) >= 11 is 0. The SMILES string of the molecule is CCN(CC)S(=O)(=O)c1cc(C(=O)N2CCCC(CN(C)C(=O)OC(C)(C)C)C2)ccc1C. The Balaban J connectivity index is 2.16. The third kappa shape index (κ3) is 6.93. The van der Waals surface area contributed by atoms with E-state index in [2.05, 4.69) is 0 Å². The molecule has 0 N–H and O–H groups in total. The van der Waals surface area contributed by atoms with Crippen LogP contribution in [0.15, 0.2) is 23.1 Å². The molecule has 0 spiro atoms. The van der Waals surface area contributed by atoms with Crippen LogP contribution in [0.3, 0.4) is 0 Å². The number of aryl methyl sites for hydroxylation is 1. The highest BCUT2D eigenvalue weighted by molar-refractivity contribution is 7.89. The molecule has 0 saturated carbocycles. The van der Waals surface area contributed by atoms with Crippen molar-refractivity contribution in [2.75, 3.05) is 39.8 Å². The summed E-state index contributed by atoms with van der Waals surface area (Å²) in [6, 6.07) is 4.89. The van der Waals surface area contributed by atoms with E-state index in [1.165, 1.54) is 10.4 Å². The van der Waals surface area contributed by atoms with Gasteiger partial charge in [0.2, 0.25) is 10.0 Å². The molecule has 1 aromatic carbocycles. The topological polar surface area (TPSA) is 87.2 Å². The molecule has 1 unspecified atom stereocenters. The molecule has 9 heteroatoms. The number of carbonyl (C=O) groups is 2. The highest BCUT2D eigenvalue weighted by atomic mass is 32.2. The standard InChI is InChI=1S/C24H39N3O5S/c1-8-27(9-2)33(30,31)21-15-20(13-12-18(21)3)22(28)26-14-10-11-19(17-26)16-25(7)23(29)32-24(4,5)6/h12-13,15,19H,8-11,14,16-17H2,1-7H3. The molecular formula is C24H39N3O5S. The van der Waals surface area contributed by atoms with E-state index in [0.29, 0.717) is 43.9 Å². The monoisotopic (exact) mass is 481 g/mol. The van der Waals surface area contributed by atoms with Crippen LogP contribution in [0.4, 0.5) is 4.79 Å². The second-order valence-corrected chi connectivity index (χ2v) is 11.6. The molecule has 8 nitrogen and oxygen atoms in total. The van der Waals surface area contributed by atoms with Gasteiger partial charge in [-0.25, -0.2) is 13.2 Å². The minimum atomic E-state index is -3.67. The largest absolute Gasteiger partial charge is 0.444 e. The lowest BCUT2D eigenvalue weighted by molar-refractivity contribution is 0.0244. The number of amides is 2. The summed E-state index contributed by atoms with van der Waals surface area (Å²) in [5.74, 6) is -0.0554. The Bertz CT molecular complexity index is 951. The molecule has 0 radical (unpaired) electrons. The Kier molecular flexibility index (Phi) is 8.93. The summed E-state index contributed by atoms with van der Waals surface area (Å²) in [7, 11) is -1.96. The second kappa shape index (κ2) is 10.9. The van der Waals surface area contributed by atoms with Crippen molar-refractivity contribution in [3.05, 3.63) is 29.3 Å². The van der Waals surface area contributed by atoms with E-state index in [1.54, 1.807) is 49.8 Å². The van der Waals surface area contributed by atoms with Crippen molar-refractivity contribution in [2.45, 2.75) is 64.9 Å². The fourth-order valence-electron chi connectivity index (χ4n) is 4.10. The first-order chi connectivity index (χ1) is 15.3. The van der Waals surface area contributed by atoms with Gasteiger partial charge < -0.3 is 14.5 Å². The van der Waals surface area contributed by atoms with Crippen molar-refractivity contribution in [2.24, 2.45) is 5.92 Å². The molecule has 1 saturated heterocycles. The van der Waals surface area contributed by atoms with Crippen molar-refractivity contribution >= 4 is 22.0 Å². The summed E-state index contributed by atoms with van der Waals surface area (Å²) in [4.78, 5) is 29.1. The highest BCUT2D eigenvalue weighted by Crippen LogP contribution is 2.24. The van der Waals surface area contributed by atoms with E-state index in [1.807, 2.05) is 20.8 Å². The second-order valence-electron chi connectivity index (χ2n) is 9.69. The van der Waals surface area contributed by atoms with E-state index >= 15 is 0 Å². The van der Waals surface area contributed by atoms with Gasteiger partial charge in [0.15, 0.2) is 0 Å². The van der Waals surface area contributed by atoms with Gasteiger partial charge in [0.05, 0.1) is 4.90 Å². The van der Waals surface area contributed by atoms with Crippen molar-refractivity contribution in [3.8, 4) is 0 Å². The van der Waals surface area contributed by atoms with Crippen LogP contribution in [0, 0.1) is 12.8 Å². The summed E-state index contributed by atoms with van der Waals surface area (Å²) in [6.07, 6.45) is 1.36. The number of rotatable bonds is 7. The van der Waals surface area contributed by atoms with Crippen LogP contribution >= 0.6 is 0 Å². The average molecular weight is 482 g/mol. The fraction of sp³-hybridized carbons (Fsp3) is 0.667. The van der Waals surface area contributed by atoms with Crippen molar-refractivity contribution < 1.29 is 22.7 Å². The summed E-state index contributed by atoms with van der Waals surface area (Å²) in [5, 5.41) is 0. The lowest BCUT2D eigenvalue weighted by Gasteiger charge is -2.35. The van der Waals surface area contributed by atoms with Crippen LogP contribution in [-0.4, -0.2) is 79.9 Å². The maximum Gasteiger partial charge on any atom is 0.410 e. The van der Waals surface area contributed by atoms with E-state index in [0.717, 1.165) is 12.8 Å². The Hall–Kier alpha value is -2.13. The summed E-state index contributed by atoms with van der Waals surface area (Å²) < 4.78 is 32.9. The quantitative estimate of drug-likeness (QED) is 0.592. The van der Waals surface area contributed by atoms with Crippen molar-refractivity contribution in [1.82, 2.24) is 14.1 Å². The number of benzene rings is 1. The number of carbonyl (C=O) groups excluding carboxylic acids is 2. The number of ether oxygens (including phenoxy) is 1. The van der Waals surface area contributed by atoms with Crippen LogP contribution in [0.5, 0.6) is 0 Å². The van der Waals surface area contributed by atoms with Gasteiger partial charge in [-0.2, -0.15) is 4.31 Å². The molecule has 0 aromatic heterocycles. The van der Waals surface area contributed by atoms with E-state index in [-0.39, 0.29) is 22.8 Å². The fourth-order valence-corrected chi connectivity index (χ4v) is 5.81. The van der Waals surface area contributed by atoms with Crippen molar-refractivity contribution in [3.63, 3.8) is 0 Å². The maximum atomic E-state index is 13.3. The van der Waals surface area contributed by atoms with E-state index < -0.39 is 15.6 Å². The third-order valence-electron chi connectivity index (χ3n) is 5.80. The number of sulfonamides is 1. The molecule has 2 rings (SSSR count). The number of piperidine rings is 1. The van der Waals surface area contributed by atoms with Gasteiger partial charge >= 0.3 is 6.09 Å². The zero-order valence-electron chi connectivity index (χ0n) is 21.1. The molecule has 1 fully saturated rings. The van der Waals surface area contributed by atoms with Crippen LogP contribution in [0.1, 0.15) is 63.4 Å². The Morgan fingerprint density at radius 1 is 1.18 bits per heavy atom. The Morgan fingerprint density at radius 2 is 1.82 bits per heavy atom. The number of nitrogens with zero attached hydrogens (tertiary/aromatic N) is 3. The Morgan fingerprint density at radius 3 is 2.39 bits per heavy atom. The molecule has 1 atom stereocenters. The van der Waals surface area contributed by atoms with Crippen molar-refractivity contribution in [1.29, 1.82) is 0 Å². The highest BCUT2D eigenvalue weighted by Gasteiger charge is 2.29. The van der Waals surface area contributed by atoms with Gasteiger partial charge in [-0.05, 0) is 64.2 Å². The van der Waals surface area contributed by atoms with E-state index in [4.69, 9.17) is 4.74 Å². The van der Waals surface area contributed by atoms with Gasteiger partial charge in [-0.3, -0.25) is 4.79 Å². The predicted molar refractivity (Wildman–Crippen MR) is 129 cm³/mol. The lowest BCUT2D eigenvalue weighted by Crippen LogP contribution is -2.45. The first kappa shape index (κ1) is 27.1. The molecule has 1 aliphatic rings. The number of hydrogen-bond donors (Lipinski definition) is 0. The van der Waals surface area contributed by atoms with Crippen LogP contribution in [0.25, 0.3) is 0 Å². The smallest absolute Gasteiger partial charge is 0.410 e. The zero-order valence-corrected chi connectivity index (χ0v) is 21.9. The first-order valence-corrected chi connectivity index (χ1v) is 13.1. The van der Waals surface area contributed by atoms with Crippen LogP contribution in [-0.2, 0) is 14.8 Å². The summed E-state index contributed by atoms with van der Waals surface area (Å²) in [6.45, 7) is 13.2. The van der Waals surface area contributed by atoms with Gasteiger partial charge in [0.1, 0.15) is 5.60 Å². The van der Waals surface area contributed by atoms with Gasteiger partial charge in [-0.1, -0.05) is 19.9 Å². The normalized spacial score (nSPS) is 17.2. The van der Waals surface area contributed by atoms with Crippen LogP contribution in [0.2, 0.25) is 0 Å². The zero-order chi connectivity index (χ0) is 25.0. The molecule has 0 aliphatic carbocycles. The maximum absolute atomic E-state index is 13.3. The number of likely N-dealkylation sites (tertiary alicyclic amines) is 1. The molecule has 186 valence electrons. The van der Waals surface area contributed by atoms with Gasteiger partial charge in [0.25, 0.3) is 5.91 Å². The van der Waals surface area contributed by atoms with Gasteiger partial charge in [0, 0.05) is 45.3 Å². The van der Waals surface area contributed by atoms with E-state index in [9.17, 15) is 18.0 Å². The average Bonchev–Trinajstić information content (AvgIpc) is 2.73. The third-order valence-corrected chi connectivity index (χ3v) is 7.99. The first-order valence-electron chi connectivity index (χ1n) is 11.6. The molecule has 1 aliphatic heterocycles. The molecule has 33 heavy (non-hydrogen) atoms. The molecular weight excluding hydrogens is 442 g/mol. The van der Waals surface area contributed by atoms with Crippen LogP contribution < -0.4 is 0 Å². The van der Waals surface area contributed by atoms with Gasteiger partial charge in [-0.15, -0.1) is 0 Å². The molecule has 0 bridgehead atoms. The Labute approximate surface area is 198 Å². The molecule has 1 heterocycles. The number of hydrogen-bond acceptors (Lipinski definition) is 5. The lowest BCUT2D eigenvalue weighted by atomic mass is 9.97. The minimum Gasteiger partial charge on any atom is -0.444 e. The molecule has 1 aromatic rings. The molecule has 2 amide bonds. The minimum absolute atomic E-state index is 0.129.